The van der Waals surface area contributed by atoms with Gasteiger partial charge in [0.2, 0.25) is 0 Å². The molecule has 2 aliphatic rings. The summed E-state index contributed by atoms with van der Waals surface area (Å²) in [5.41, 5.74) is 0. The Hall–Kier alpha value is -0.120. The topological polar surface area (TPSA) is 30.5 Å². The summed E-state index contributed by atoms with van der Waals surface area (Å²) < 4.78 is 11.1. The number of likely N-dealkylation sites (N-methyl/N-ethyl adjacent to an activating group) is 1. The second-order valence-corrected chi connectivity index (χ2v) is 4.40. The van der Waals surface area contributed by atoms with Crippen LogP contribution in [0.15, 0.2) is 0 Å². The molecule has 3 nitrogen and oxygen atoms in total. The monoisotopic (exact) mass is 199 g/mol. The molecular formula is C11H21NO2. The van der Waals surface area contributed by atoms with E-state index < -0.39 is 0 Å². The first-order valence-electron chi connectivity index (χ1n) is 5.76. The SMILES string of the molecule is CNC(CCC1CC1)C1COCCO1. The highest BCUT2D eigenvalue weighted by Crippen LogP contribution is 2.34. The average Bonchev–Trinajstić information content (AvgIpc) is 3.04. The van der Waals surface area contributed by atoms with Gasteiger partial charge in [0.05, 0.1) is 25.9 Å². The summed E-state index contributed by atoms with van der Waals surface area (Å²) in [6.07, 6.45) is 5.74. The zero-order valence-electron chi connectivity index (χ0n) is 9.00. The minimum Gasteiger partial charge on any atom is -0.376 e. The van der Waals surface area contributed by atoms with Gasteiger partial charge in [-0.3, -0.25) is 0 Å². The molecule has 3 heteroatoms. The second kappa shape index (κ2) is 5.10. The molecule has 1 aliphatic carbocycles. The van der Waals surface area contributed by atoms with Crippen molar-refractivity contribution >= 4 is 0 Å². The lowest BCUT2D eigenvalue weighted by Crippen LogP contribution is -2.45. The Balaban J connectivity index is 1.71. The summed E-state index contributed by atoms with van der Waals surface area (Å²) in [7, 11) is 2.02. The van der Waals surface area contributed by atoms with Crippen LogP contribution in [0.4, 0.5) is 0 Å². The third-order valence-electron chi connectivity index (χ3n) is 3.24. The van der Waals surface area contributed by atoms with Gasteiger partial charge < -0.3 is 14.8 Å². The van der Waals surface area contributed by atoms with Crippen LogP contribution >= 0.6 is 0 Å². The molecule has 2 unspecified atom stereocenters. The number of hydrogen-bond donors (Lipinski definition) is 1. The Morgan fingerprint density at radius 1 is 1.36 bits per heavy atom. The van der Waals surface area contributed by atoms with Gasteiger partial charge in [-0.15, -0.1) is 0 Å². The van der Waals surface area contributed by atoms with Gasteiger partial charge >= 0.3 is 0 Å². The summed E-state index contributed by atoms with van der Waals surface area (Å²) in [6.45, 7) is 2.28. The van der Waals surface area contributed by atoms with Crippen molar-refractivity contribution in [3.05, 3.63) is 0 Å². The molecule has 0 bridgehead atoms. The van der Waals surface area contributed by atoms with Gasteiger partial charge in [0, 0.05) is 6.04 Å². The zero-order valence-corrected chi connectivity index (χ0v) is 9.00. The number of hydrogen-bond acceptors (Lipinski definition) is 3. The predicted octanol–water partition coefficient (Wildman–Crippen LogP) is 1.18. The first-order valence-corrected chi connectivity index (χ1v) is 5.76. The first-order chi connectivity index (χ1) is 6.90. The Morgan fingerprint density at radius 3 is 2.79 bits per heavy atom. The van der Waals surface area contributed by atoms with E-state index in [1.165, 1.54) is 25.7 Å². The van der Waals surface area contributed by atoms with Gasteiger partial charge in [0.15, 0.2) is 0 Å². The maximum atomic E-state index is 5.70. The van der Waals surface area contributed by atoms with Crippen LogP contribution in [-0.4, -0.2) is 39.0 Å². The molecule has 2 atom stereocenters. The van der Waals surface area contributed by atoms with Crippen molar-refractivity contribution in [3.63, 3.8) is 0 Å². The number of nitrogens with one attached hydrogen (secondary N) is 1. The van der Waals surface area contributed by atoms with Crippen molar-refractivity contribution in [3.8, 4) is 0 Å². The van der Waals surface area contributed by atoms with Crippen molar-refractivity contribution in [1.82, 2.24) is 5.32 Å². The van der Waals surface area contributed by atoms with E-state index in [1.54, 1.807) is 0 Å². The van der Waals surface area contributed by atoms with E-state index in [1.807, 2.05) is 7.05 Å². The van der Waals surface area contributed by atoms with Gasteiger partial charge in [-0.05, 0) is 25.8 Å². The summed E-state index contributed by atoms with van der Waals surface area (Å²) in [6, 6.07) is 0.482. The molecule has 14 heavy (non-hydrogen) atoms. The lowest BCUT2D eigenvalue weighted by atomic mass is 10.0. The Kier molecular flexibility index (Phi) is 3.79. The lowest BCUT2D eigenvalue weighted by molar-refractivity contribution is -0.102. The number of ether oxygens (including phenoxy) is 2. The molecule has 1 saturated carbocycles. The van der Waals surface area contributed by atoms with Crippen LogP contribution in [0.25, 0.3) is 0 Å². The molecule has 1 aliphatic heterocycles. The van der Waals surface area contributed by atoms with Crippen LogP contribution in [0.2, 0.25) is 0 Å². The summed E-state index contributed by atoms with van der Waals surface area (Å²) in [5, 5.41) is 3.35. The second-order valence-electron chi connectivity index (χ2n) is 4.40. The minimum atomic E-state index is 0.271. The third kappa shape index (κ3) is 2.94. The summed E-state index contributed by atoms with van der Waals surface area (Å²) in [4.78, 5) is 0. The third-order valence-corrected chi connectivity index (χ3v) is 3.24. The van der Waals surface area contributed by atoms with Crippen LogP contribution in [0.5, 0.6) is 0 Å². The molecule has 1 saturated heterocycles. The minimum absolute atomic E-state index is 0.271. The Bertz CT molecular complexity index is 165. The Morgan fingerprint density at radius 2 is 2.21 bits per heavy atom. The van der Waals surface area contributed by atoms with E-state index in [-0.39, 0.29) is 6.10 Å². The first kappa shape index (κ1) is 10.4. The standard InChI is InChI=1S/C11H21NO2/c1-12-10(5-4-9-2-3-9)11-8-13-6-7-14-11/h9-12H,2-8H2,1H3. The molecule has 2 rings (SSSR count). The molecule has 2 fully saturated rings. The van der Waals surface area contributed by atoms with Gasteiger partial charge in [0.25, 0.3) is 0 Å². The van der Waals surface area contributed by atoms with Gasteiger partial charge in [-0.2, -0.15) is 0 Å². The van der Waals surface area contributed by atoms with Crippen LogP contribution in [-0.2, 0) is 9.47 Å². The largest absolute Gasteiger partial charge is 0.376 e. The molecule has 0 aromatic heterocycles. The van der Waals surface area contributed by atoms with Gasteiger partial charge in [0.1, 0.15) is 0 Å². The fourth-order valence-electron chi connectivity index (χ4n) is 2.08. The van der Waals surface area contributed by atoms with Crippen LogP contribution in [0, 0.1) is 5.92 Å². The van der Waals surface area contributed by atoms with Crippen LogP contribution in [0.1, 0.15) is 25.7 Å². The highest BCUT2D eigenvalue weighted by Gasteiger charge is 2.27. The molecular weight excluding hydrogens is 178 g/mol. The molecule has 1 heterocycles. The Labute approximate surface area is 86.2 Å². The lowest BCUT2D eigenvalue weighted by Gasteiger charge is -2.30. The van der Waals surface area contributed by atoms with Crippen LogP contribution in [0.3, 0.4) is 0 Å². The summed E-state index contributed by atoms with van der Waals surface area (Å²) in [5.74, 6) is 1.01. The number of rotatable bonds is 5. The molecule has 1 N–H and O–H groups in total. The van der Waals surface area contributed by atoms with E-state index in [0.717, 1.165) is 25.7 Å². The van der Waals surface area contributed by atoms with E-state index in [0.29, 0.717) is 6.04 Å². The molecule has 0 radical (unpaired) electrons. The molecule has 82 valence electrons. The predicted molar refractivity (Wildman–Crippen MR) is 55.4 cm³/mol. The van der Waals surface area contributed by atoms with Crippen molar-refractivity contribution in [2.45, 2.75) is 37.8 Å². The highest BCUT2D eigenvalue weighted by molar-refractivity contribution is 4.81. The fraction of sp³-hybridized carbons (Fsp3) is 1.00. The van der Waals surface area contributed by atoms with Gasteiger partial charge in [-0.1, -0.05) is 12.8 Å². The average molecular weight is 199 g/mol. The van der Waals surface area contributed by atoms with Crippen molar-refractivity contribution in [1.29, 1.82) is 0 Å². The fourth-order valence-corrected chi connectivity index (χ4v) is 2.08. The van der Waals surface area contributed by atoms with Crippen molar-refractivity contribution < 1.29 is 9.47 Å². The van der Waals surface area contributed by atoms with E-state index in [2.05, 4.69) is 5.32 Å². The van der Waals surface area contributed by atoms with Crippen molar-refractivity contribution in [2.75, 3.05) is 26.9 Å². The maximum absolute atomic E-state index is 5.70. The molecule has 0 aromatic carbocycles. The molecule has 0 amide bonds. The van der Waals surface area contributed by atoms with Crippen LogP contribution < -0.4 is 5.32 Å². The van der Waals surface area contributed by atoms with E-state index in [4.69, 9.17) is 9.47 Å². The zero-order chi connectivity index (χ0) is 9.80. The van der Waals surface area contributed by atoms with Gasteiger partial charge in [-0.25, -0.2) is 0 Å². The maximum Gasteiger partial charge on any atom is 0.0961 e. The summed E-state index contributed by atoms with van der Waals surface area (Å²) >= 11 is 0. The quantitative estimate of drug-likeness (QED) is 0.721. The van der Waals surface area contributed by atoms with Crippen molar-refractivity contribution in [2.24, 2.45) is 5.92 Å². The van der Waals surface area contributed by atoms with E-state index >= 15 is 0 Å². The normalized spacial score (nSPS) is 30.2. The highest BCUT2D eigenvalue weighted by atomic mass is 16.6. The smallest absolute Gasteiger partial charge is 0.0961 e. The van der Waals surface area contributed by atoms with E-state index in [9.17, 15) is 0 Å². The molecule has 0 aromatic rings. The molecule has 0 spiro atoms.